The zero-order chi connectivity index (χ0) is 9.84. The lowest BCUT2D eigenvalue weighted by molar-refractivity contribution is -0.127. The van der Waals surface area contributed by atoms with Crippen LogP contribution in [0.25, 0.3) is 0 Å². The molecule has 0 bridgehead atoms. The van der Waals surface area contributed by atoms with E-state index in [1.165, 1.54) is 0 Å². The molecule has 1 amide bonds. The van der Waals surface area contributed by atoms with Gasteiger partial charge in [-0.05, 0) is 24.0 Å². The lowest BCUT2D eigenvalue weighted by atomic mass is 9.95. The summed E-state index contributed by atoms with van der Waals surface area (Å²) >= 11 is 4.15. The topological polar surface area (TPSA) is 20.3 Å². The monoisotopic (exact) mass is 201 g/mol. The Kier molecular flexibility index (Phi) is 4.10. The first-order chi connectivity index (χ1) is 6.15. The van der Waals surface area contributed by atoms with E-state index in [0.29, 0.717) is 17.7 Å². The van der Waals surface area contributed by atoms with Crippen LogP contribution in [0.15, 0.2) is 0 Å². The first-order valence-electron chi connectivity index (χ1n) is 5.03. The fraction of sp³-hybridized carbons (Fsp3) is 0.900. The van der Waals surface area contributed by atoms with E-state index in [1.54, 1.807) is 0 Å². The highest BCUT2D eigenvalue weighted by atomic mass is 32.1. The van der Waals surface area contributed by atoms with Crippen molar-refractivity contribution in [3.8, 4) is 0 Å². The molecule has 1 aliphatic heterocycles. The summed E-state index contributed by atoms with van der Waals surface area (Å²) in [4.78, 5) is 13.5. The standard InChI is InChI=1S/C10H19NOS/c1-8(2)9-6-10(12)11(7-9)4-3-5-13/h8-9,13H,3-7H2,1-2H3. The lowest BCUT2D eigenvalue weighted by Gasteiger charge is -2.17. The predicted molar refractivity (Wildman–Crippen MR) is 58.0 cm³/mol. The normalized spacial score (nSPS) is 23.2. The van der Waals surface area contributed by atoms with Crippen LogP contribution >= 0.6 is 12.6 Å². The Morgan fingerprint density at radius 2 is 2.31 bits per heavy atom. The van der Waals surface area contributed by atoms with E-state index in [9.17, 15) is 4.79 Å². The predicted octanol–water partition coefficient (Wildman–Crippen LogP) is 1.81. The van der Waals surface area contributed by atoms with Gasteiger partial charge in [0.2, 0.25) is 5.91 Å². The molecule has 76 valence electrons. The Balaban J connectivity index is 2.37. The second-order valence-electron chi connectivity index (χ2n) is 4.13. The highest BCUT2D eigenvalue weighted by molar-refractivity contribution is 7.80. The molecule has 0 aromatic heterocycles. The molecule has 3 heteroatoms. The van der Waals surface area contributed by atoms with Gasteiger partial charge in [-0.15, -0.1) is 0 Å². The van der Waals surface area contributed by atoms with E-state index in [0.717, 1.165) is 31.7 Å². The van der Waals surface area contributed by atoms with Crippen LogP contribution in [0.2, 0.25) is 0 Å². The average molecular weight is 201 g/mol. The molecule has 1 saturated heterocycles. The van der Waals surface area contributed by atoms with Crippen molar-refractivity contribution in [2.45, 2.75) is 26.7 Å². The van der Waals surface area contributed by atoms with Gasteiger partial charge in [-0.1, -0.05) is 13.8 Å². The fourth-order valence-corrected chi connectivity index (χ4v) is 1.87. The van der Waals surface area contributed by atoms with Crippen LogP contribution in [0.5, 0.6) is 0 Å². The van der Waals surface area contributed by atoms with Gasteiger partial charge in [-0.3, -0.25) is 4.79 Å². The molecular formula is C10H19NOS. The highest BCUT2D eigenvalue weighted by Gasteiger charge is 2.30. The highest BCUT2D eigenvalue weighted by Crippen LogP contribution is 2.24. The number of nitrogens with zero attached hydrogens (tertiary/aromatic N) is 1. The minimum atomic E-state index is 0.334. The van der Waals surface area contributed by atoms with Gasteiger partial charge in [-0.2, -0.15) is 12.6 Å². The molecule has 13 heavy (non-hydrogen) atoms. The van der Waals surface area contributed by atoms with E-state index in [1.807, 2.05) is 4.90 Å². The van der Waals surface area contributed by atoms with Gasteiger partial charge >= 0.3 is 0 Å². The van der Waals surface area contributed by atoms with E-state index in [2.05, 4.69) is 26.5 Å². The molecule has 0 N–H and O–H groups in total. The van der Waals surface area contributed by atoms with Crippen LogP contribution in [0.4, 0.5) is 0 Å². The molecule has 1 aliphatic rings. The third-order valence-electron chi connectivity index (χ3n) is 2.77. The Bertz CT molecular complexity index is 182. The molecule has 1 fully saturated rings. The summed E-state index contributed by atoms with van der Waals surface area (Å²) in [7, 11) is 0. The van der Waals surface area contributed by atoms with Gasteiger partial charge in [0.1, 0.15) is 0 Å². The molecule has 1 atom stereocenters. The summed E-state index contributed by atoms with van der Waals surface area (Å²) < 4.78 is 0. The van der Waals surface area contributed by atoms with E-state index in [-0.39, 0.29) is 0 Å². The van der Waals surface area contributed by atoms with Crippen LogP contribution in [0.3, 0.4) is 0 Å². The zero-order valence-corrected chi connectivity index (χ0v) is 9.39. The molecule has 0 aliphatic carbocycles. The third-order valence-corrected chi connectivity index (χ3v) is 3.09. The molecule has 0 spiro atoms. The fourth-order valence-electron chi connectivity index (χ4n) is 1.73. The summed E-state index contributed by atoms with van der Waals surface area (Å²) in [5.41, 5.74) is 0. The molecule has 0 radical (unpaired) electrons. The molecule has 1 heterocycles. The summed E-state index contributed by atoms with van der Waals surface area (Å²) in [6, 6.07) is 0. The Hall–Kier alpha value is -0.180. The molecule has 1 unspecified atom stereocenters. The number of rotatable bonds is 4. The van der Waals surface area contributed by atoms with E-state index in [4.69, 9.17) is 0 Å². The Morgan fingerprint density at radius 3 is 2.77 bits per heavy atom. The van der Waals surface area contributed by atoms with E-state index < -0.39 is 0 Å². The van der Waals surface area contributed by atoms with Crippen molar-refractivity contribution in [3.05, 3.63) is 0 Å². The van der Waals surface area contributed by atoms with Gasteiger partial charge < -0.3 is 4.90 Å². The molecule has 1 rings (SSSR count). The molecular weight excluding hydrogens is 182 g/mol. The van der Waals surface area contributed by atoms with Crippen molar-refractivity contribution in [2.24, 2.45) is 11.8 Å². The minimum Gasteiger partial charge on any atom is -0.342 e. The van der Waals surface area contributed by atoms with Crippen molar-refractivity contribution in [3.63, 3.8) is 0 Å². The molecule has 0 aromatic rings. The van der Waals surface area contributed by atoms with Crippen molar-refractivity contribution < 1.29 is 4.79 Å². The number of likely N-dealkylation sites (tertiary alicyclic amines) is 1. The van der Waals surface area contributed by atoms with Gasteiger partial charge in [0, 0.05) is 19.5 Å². The number of amides is 1. The maximum atomic E-state index is 11.5. The summed E-state index contributed by atoms with van der Waals surface area (Å²) in [5, 5.41) is 0. The average Bonchev–Trinajstić information content (AvgIpc) is 2.44. The number of hydrogen-bond donors (Lipinski definition) is 1. The lowest BCUT2D eigenvalue weighted by Crippen LogP contribution is -2.27. The number of carbonyl (C=O) groups excluding carboxylic acids is 1. The number of hydrogen-bond acceptors (Lipinski definition) is 2. The molecule has 0 saturated carbocycles. The maximum Gasteiger partial charge on any atom is 0.222 e. The van der Waals surface area contributed by atoms with Crippen LogP contribution in [0.1, 0.15) is 26.7 Å². The van der Waals surface area contributed by atoms with Gasteiger partial charge in [0.05, 0.1) is 0 Å². The quantitative estimate of drug-likeness (QED) is 0.688. The minimum absolute atomic E-state index is 0.334. The second kappa shape index (κ2) is 4.89. The largest absolute Gasteiger partial charge is 0.342 e. The van der Waals surface area contributed by atoms with Crippen molar-refractivity contribution >= 4 is 18.5 Å². The summed E-state index contributed by atoms with van der Waals surface area (Å²) in [6.07, 6.45) is 1.77. The number of thiol groups is 1. The van der Waals surface area contributed by atoms with Crippen LogP contribution in [-0.4, -0.2) is 29.6 Å². The summed E-state index contributed by atoms with van der Waals surface area (Å²) in [6.45, 7) is 6.25. The van der Waals surface area contributed by atoms with Gasteiger partial charge in [-0.25, -0.2) is 0 Å². The maximum absolute atomic E-state index is 11.5. The smallest absolute Gasteiger partial charge is 0.222 e. The van der Waals surface area contributed by atoms with Crippen LogP contribution < -0.4 is 0 Å². The van der Waals surface area contributed by atoms with Crippen LogP contribution in [0, 0.1) is 11.8 Å². The Labute approximate surface area is 86.1 Å². The van der Waals surface area contributed by atoms with Crippen molar-refractivity contribution in [2.75, 3.05) is 18.8 Å². The van der Waals surface area contributed by atoms with Crippen molar-refractivity contribution in [1.82, 2.24) is 4.90 Å². The SMILES string of the molecule is CC(C)C1CC(=O)N(CCCS)C1. The second-order valence-corrected chi connectivity index (χ2v) is 4.57. The summed E-state index contributed by atoms with van der Waals surface area (Å²) in [5.74, 6) is 2.41. The zero-order valence-electron chi connectivity index (χ0n) is 8.49. The first-order valence-corrected chi connectivity index (χ1v) is 5.67. The van der Waals surface area contributed by atoms with Crippen LogP contribution in [-0.2, 0) is 4.79 Å². The first kappa shape index (κ1) is 10.9. The van der Waals surface area contributed by atoms with E-state index >= 15 is 0 Å². The third kappa shape index (κ3) is 2.90. The van der Waals surface area contributed by atoms with Crippen molar-refractivity contribution in [1.29, 1.82) is 0 Å². The molecule has 0 aromatic carbocycles. The van der Waals surface area contributed by atoms with Gasteiger partial charge in [0.15, 0.2) is 0 Å². The Morgan fingerprint density at radius 1 is 1.62 bits per heavy atom. The molecule has 2 nitrogen and oxygen atoms in total. The van der Waals surface area contributed by atoms with Gasteiger partial charge in [0.25, 0.3) is 0 Å². The number of carbonyl (C=O) groups is 1.